The van der Waals surface area contributed by atoms with E-state index in [9.17, 15) is 14.4 Å². The Morgan fingerprint density at radius 3 is 2.97 bits per heavy atom. The van der Waals surface area contributed by atoms with E-state index >= 15 is 0 Å². The summed E-state index contributed by atoms with van der Waals surface area (Å²) in [4.78, 5) is 48.6. The number of hydrogen-bond acceptors (Lipinski definition) is 6. The molecule has 1 N–H and O–H groups in total. The SMILES string of the molecule is Cc1cn(CC(=O)N2CCc3oc(CCc4cccnc4)nc3C2)c(=O)[nH]c1=O. The monoisotopic (exact) mass is 395 g/mol. The molecule has 0 fully saturated rings. The average Bonchev–Trinajstić information content (AvgIpc) is 3.13. The van der Waals surface area contributed by atoms with Gasteiger partial charge in [-0.25, -0.2) is 9.78 Å². The molecule has 4 heterocycles. The highest BCUT2D eigenvalue weighted by Crippen LogP contribution is 2.21. The minimum atomic E-state index is -0.592. The van der Waals surface area contributed by atoms with Crippen molar-refractivity contribution in [2.75, 3.05) is 6.54 Å². The van der Waals surface area contributed by atoms with Crippen LogP contribution in [0.15, 0.2) is 44.7 Å². The number of H-pyrrole nitrogens is 1. The topological polar surface area (TPSA) is 114 Å². The zero-order chi connectivity index (χ0) is 20.4. The smallest absolute Gasteiger partial charge is 0.328 e. The third-order valence-electron chi connectivity index (χ3n) is 4.97. The molecule has 29 heavy (non-hydrogen) atoms. The summed E-state index contributed by atoms with van der Waals surface area (Å²) in [6.45, 7) is 2.31. The lowest BCUT2D eigenvalue weighted by Crippen LogP contribution is -2.41. The molecule has 0 saturated heterocycles. The number of fused-ring (bicyclic) bond motifs is 1. The van der Waals surface area contributed by atoms with Gasteiger partial charge in [0.15, 0.2) is 5.89 Å². The molecule has 1 aliphatic heterocycles. The maximum atomic E-state index is 12.7. The van der Waals surface area contributed by atoms with Crippen molar-refractivity contribution in [2.45, 2.75) is 39.3 Å². The second-order valence-corrected chi connectivity index (χ2v) is 7.10. The number of aromatic nitrogens is 4. The van der Waals surface area contributed by atoms with Gasteiger partial charge in [0.2, 0.25) is 5.91 Å². The Morgan fingerprint density at radius 2 is 2.17 bits per heavy atom. The predicted molar refractivity (Wildman–Crippen MR) is 103 cm³/mol. The number of rotatable bonds is 5. The van der Waals surface area contributed by atoms with E-state index in [1.54, 1.807) is 18.0 Å². The van der Waals surface area contributed by atoms with Gasteiger partial charge < -0.3 is 9.32 Å². The highest BCUT2D eigenvalue weighted by Gasteiger charge is 2.25. The summed E-state index contributed by atoms with van der Waals surface area (Å²) < 4.78 is 7.08. The van der Waals surface area contributed by atoms with Gasteiger partial charge in [-0.3, -0.25) is 24.1 Å². The molecule has 4 rings (SSSR count). The van der Waals surface area contributed by atoms with Crippen molar-refractivity contribution >= 4 is 5.91 Å². The van der Waals surface area contributed by atoms with E-state index in [0.717, 1.165) is 23.4 Å². The summed E-state index contributed by atoms with van der Waals surface area (Å²) in [6.07, 6.45) is 7.00. The van der Waals surface area contributed by atoms with E-state index in [2.05, 4.69) is 15.0 Å². The van der Waals surface area contributed by atoms with Crippen molar-refractivity contribution in [1.29, 1.82) is 0 Å². The number of aromatic amines is 1. The van der Waals surface area contributed by atoms with Gasteiger partial charge in [0.1, 0.15) is 18.0 Å². The zero-order valence-corrected chi connectivity index (χ0v) is 16.1. The number of amides is 1. The minimum absolute atomic E-state index is 0.127. The molecule has 0 spiro atoms. The Labute approximate surface area is 166 Å². The number of oxazole rings is 1. The van der Waals surface area contributed by atoms with Gasteiger partial charge >= 0.3 is 5.69 Å². The van der Waals surface area contributed by atoms with Crippen LogP contribution in [0, 0.1) is 6.92 Å². The largest absolute Gasteiger partial charge is 0.445 e. The first kappa shape index (κ1) is 18.9. The molecule has 0 aromatic carbocycles. The number of pyridine rings is 1. The summed E-state index contributed by atoms with van der Waals surface area (Å²) in [5, 5.41) is 0. The molecular weight excluding hydrogens is 374 g/mol. The van der Waals surface area contributed by atoms with E-state index in [1.807, 2.05) is 18.3 Å². The number of hydrogen-bond donors (Lipinski definition) is 1. The number of carbonyl (C=O) groups is 1. The quantitative estimate of drug-likeness (QED) is 0.677. The summed E-state index contributed by atoms with van der Waals surface area (Å²) >= 11 is 0. The highest BCUT2D eigenvalue weighted by atomic mass is 16.4. The number of nitrogens with one attached hydrogen (secondary N) is 1. The lowest BCUT2D eigenvalue weighted by molar-refractivity contribution is -0.133. The van der Waals surface area contributed by atoms with Crippen molar-refractivity contribution in [3.63, 3.8) is 0 Å². The Balaban J connectivity index is 1.41. The maximum Gasteiger partial charge on any atom is 0.328 e. The molecule has 1 aliphatic rings. The van der Waals surface area contributed by atoms with Crippen molar-refractivity contribution in [3.8, 4) is 0 Å². The summed E-state index contributed by atoms with van der Waals surface area (Å²) in [6, 6.07) is 3.91. The number of nitrogens with zero attached hydrogens (tertiary/aromatic N) is 4. The van der Waals surface area contributed by atoms with E-state index in [4.69, 9.17) is 4.42 Å². The molecule has 0 aliphatic carbocycles. The third-order valence-corrected chi connectivity index (χ3v) is 4.97. The molecule has 9 nitrogen and oxygen atoms in total. The van der Waals surface area contributed by atoms with Crippen LogP contribution in [0.5, 0.6) is 0 Å². The van der Waals surface area contributed by atoms with E-state index in [1.165, 1.54) is 10.8 Å². The summed E-state index contributed by atoms with van der Waals surface area (Å²) in [5.41, 5.74) is 1.22. The van der Waals surface area contributed by atoms with Crippen LogP contribution in [0.1, 0.15) is 28.5 Å². The summed E-state index contributed by atoms with van der Waals surface area (Å²) in [5.74, 6) is 1.26. The molecule has 150 valence electrons. The highest BCUT2D eigenvalue weighted by molar-refractivity contribution is 5.76. The lowest BCUT2D eigenvalue weighted by Gasteiger charge is -2.25. The van der Waals surface area contributed by atoms with Crippen LogP contribution >= 0.6 is 0 Å². The molecule has 0 bridgehead atoms. The van der Waals surface area contributed by atoms with Crippen molar-refractivity contribution in [1.82, 2.24) is 24.4 Å². The molecule has 0 radical (unpaired) electrons. The number of aryl methyl sites for hydroxylation is 3. The van der Waals surface area contributed by atoms with Gasteiger partial charge in [-0.05, 0) is 25.0 Å². The molecule has 0 atom stereocenters. The molecule has 3 aromatic rings. The molecule has 0 unspecified atom stereocenters. The Kier molecular flexibility index (Phi) is 5.11. The van der Waals surface area contributed by atoms with E-state index in [0.29, 0.717) is 37.4 Å². The van der Waals surface area contributed by atoms with Gasteiger partial charge in [0, 0.05) is 43.5 Å². The second kappa shape index (κ2) is 7.86. The second-order valence-electron chi connectivity index (χ2n) is 7.10. The molecule has 9 heteroatoms. The Morgan fingerprint density at radius 1 is 1.31 bits per heavy atom. The van der Waals surface area contributed by atoms with Crippen LogP contribution in [0.25, 0.3) is 0 Å². The first-order valence-electron chi connectivity index (χ1n) is 9.44. The Hall–Kier alpha value is -3.49. The van der Waals surface area contributed by atoms with Gasteiger partial charge in [-0.2, -0.15) is 0 Å². The van der Waals surface area contributed by atoms with Crippen LogP contribution in [0.4, 0.5) is 0 Å². The van der Waals surface area contributed by atoms with Gasteiger partial charge in [0.25, 0.3) is 5.56 Å². The molecule has 0 saturated carbocycles. The fourth-order valence-corrected chi connectivity index (χ4v) is 3.35. The van der Waals surface area contributed by atoms with Gasteiger partial charge in [-0.15, -0.1) is 0 Å². The van der Waals surface area contributed by atoms with E-state index < -0.39 is 11.2 Å². The number of carbonyl (C=O) groups excluding carboxylic acids is 1. The normalized spacial score (nSPS) is 13.3. The first-order chi connectivity index (χ1) is 14.0. The van der Waals surface area contributed by atoms with Crippen LogP contribution in [-0.4, -0.2) is 36.9 Å². The fourth-order valence-electron chi connectivity index (χ4n) is 3.35. The van der Waals surface area contributed by atoms with Crippen molar-refractivity contribution < 1.29 is 9.21 Å². The van der Waals surface area contributed by atoms with Crippen LogP contribution in [0.2, 0.25) is 0 Å². The van der Waals surface area contributed by atoms with Crippen LogP contribution in [-0.2, 0) is 37.1 Å². The van der Waals surface area contributed by atoms with Crippen LogP contribution < -0.4 is 11.2 Å². The van der Waals surface area contributed by atoms with Gasteiger partial charge in [0.05, 0.1) is 6.54 Å². The van der Waals surface area contributed by atoms with Gasteiger partial charge in [-0.1, -0.05) is 6.07 Å². The lowest BCUT2D eigenvalue weighted by atomic mass is 10.1. The fraction of sp³-hybridized carbons (Fsp3) is 0.350. The van der Waals surface area contributed by atoms with Crippen LogP contribution in [0.3, 0.4) is 0 Å². The maximum absolute atomic E-state index is 12.7. The summed E-state index contributed by atoms with van der Waals surface area (Å²) in [7, 11) is 0. The third kappa shape index (κ3) is 4.18. The Bertz CT molecular complexity index is 1150. The predicted octanol–water partition coefficient (Wildman–Crippen LogP) is 0.598. The molecule has 1 amide bonds. The standard InChI is InChI=1S/C20H21N5O4/c1-13-10-25(20(28)23-19(13)27)12-18(26)24-8-6-16-15(11-24)22-17(29-16)5-4-14-3-2-7-21-9-14/h2-3,7,9-10H,4-6,8,11-12H2,1H3,(H,23,27,28). The molecular formula is C20H21N5O4. The minimum Gasteiger partial charge on any atom is -0.445 e. The molecule has 3 aromatic heterocycles. The average molecular weight is 395 g/mol. The first-order valence-corrected chi connectivity index (χ1v) is 9.44. The zero-order valence-electron chi connectivity index (χ0n) is 16.1. The van der Waals surface area contributed by atoms with Crippen molar-refractivity contribution in [2.24, 2.45) is 0 Å². The van der Waals surface area contributed by atoms with Crippen molar-refractivity contribution in [3.05, 3.63) is 80.0 Å². The van der Waals surface area contributed by atoms with E-state index in [-0.39, 0.29) is 12.5 Å².